The maximum atomic E-state index is 12.2. The third kappa shape index (κ3) is 3.45. The number of para-hydroxylation sites is 1. The topological polar surface area (TPSA) is 51.7 Å². The van der Waals surface area contributed by atoms with Gasteiger partial charge in [-0.05, 0) is 26.0 Å². The molecule has 0 radical (unpaired) electrons. The average molecular weight is 320 g/mol. The van der Waals surface area contributed by atoms with E-state index < -0.39 is 0 Å². The molecule has 1 aliphatic rings. The van der Waals surface area contributed by atoms with E-state index in [4.69, 9.17) is 9.47 Å². The Morgan fingerprint density at radius 3 is 3.09 bits per heavy atom. The number of hydrogen-bond donors (Lipinski definition) is 0. The molecule has 0 aliphatic carbocycles. The van der Waals surface area contributed by atoms with Gasteiger partial charge in [-0.15, -0.1) is 11.3 Å². The van der Waals surface area contributed by atoms with Crippen LogP contribution < -0.4 is 0 Å². The van der Waals surface area contributed by atoms with E-state index in [1.54, 1.807) is 11.3 Å². The number of benzene rings is 1. The Balaban J connectivity index is 1.52. The van der Waals surface area contributed by atoms with Crippen molar-refractivity contribution >= 4 is 27.5 Å². The van der Waals surface area contributed by atoms with Gasteiger partial charge in [0.1, 0.15) is 11.6 Å². The Morgan fingerprint density at radius 2 is 2.27 bits per heavy atom. The van der Waals surface area contributed by atoms with Gasteiger partial charge in [0.2, 0.25) is 5.91 Å². The molecule has 1 fully saturated rings. The van der Waals surface area contributed by atoms with Crippen LogP contribution in [-0.4, -0.2) is 47.7 Å². The minimum atomic E-state index is 0.0174. The molecular formula is C16H20N2O3S. The second-order valence-electron chi connectivity index (χ2n) is 5.61. The van der Waals surface area contributed by atoms with E-state index >= 15 is 0 Å². The molecule has 2 aromatic rings. The minimum Gasteiger partial charge on any atom is -0.375 e. The Hall–Kier alpha value is -1.50. The van der Waals surface area contributed by atoms with Crippen LogP contribution >= 0.6 is 11.3 Å². The van der Waals surface area contributed by atoms with E-state index in [-0.39, 0.29) is 24.7 Å². The molecule has 1 aliphatic heterocycles. The van der Waals surface area contributed by atoms with Crippen molar-refractivity contribution in [3.63, 3.8) is 0 Å². The molecule has 1 saturated heterocycles. The van der Waals surface area contributed by atoms with Gasteiger partial charge in [-0.1, -0.05) is 12.1 Å². The fourth-order valence-corrected chi connectivity index (χ4v) is 3.45. The number of nitrogens with zero attached hydrogens (tertiary/aromatic N) is 2. The largest absolute Gasteiger partial charge is 0.375 e. The fraction of sp³-hybridized carbons (Fsp3) is 0.500. The molecule has 0 saturated carbocycles. The summed E-state index contributed by atoms with van der Waals surface area (Å²) in [7, 11) is 0. The fourth-order valence-electron chi connectivity index (χ4n) is 2.54. The predicted octanol–water partition coefficient (Wildman–Crippen LogP) is 2.45. The van der Waals surface area contributed by atoms with Crippen LogP contribution in [0.4, 0.5) is 0 Å². The lowest BCUT2D eigenvalue weighted by Gasteiger charge is -2.36. The summed E-state index contributed by atoms with van der Waals surface area (Å²) >= 11 is 1.60. The summed E-state index contributed by atoms with van der Waals surface area (Å²) in [6, 6.07) is 8.09. The summed E-state index contributed by atoms with van der Waals surface area (Å²) in [5, 5.41) is 0.900. The summed E-state index contributed by atoms with van der Waals surface area (Å²) in [6.07, 6.45) is 0.0874. The number of thiazole rings is 1. The molecule has 1 amide bonds. The number of hydrogen-bond acceptors (Lipinski definition) is 5. The van der Waals surface area contributed by atoms with E-state index in [2.05, 4.69) is 4.98 Å². The van der Waals surface area contributed by atoms with Crippen molar-refractivity contribution in [3.8, 4) is 0 Å². The molecule has 0 bridgehead atoms. The van der Waals surface area contributed by atoms with Crippen LogP contribution in [0.25, 0.3) is 10.2 Å². The van der Waals surface area contributed by atoms with Crippen molar-refractivity contribution in [3.05, 3.63) is 29.3 Å². The van der Waals surface area contributed by atoms with E-state index in [0.29, 0.717) is 19.8 Å². The van der Waals surface area contributed by atoms with Gasteiger partial charge in [-0.2, -0.15) is 0 Å². The van der Waals surface area contributed by atoms with Gasteiger partial charge in [-0.25, -0.2) is 4.98 Å². The highest BCUT2D eigenvalue weighted by Gasteiger charge is 2.27. The van der Waals surface area contributed by atoms with E-state index in [1.807, 2.05) is 43.0 Å². The molecule has 22 heavy (non-hydrogen) atoms. The highest BCUT2D eigenvalue weighted by Crippen LogP contribution is 2.22. The second-order valence-corrected chi connectivity index (χ2v) is 6.72. The lowest BCUT2D eigenvalue weighted by atomic mass is 10.2. The lowest BCUT2D eigenvalue weighted by molar-refractivity contribution is -0.148. The predicted molar refractivity (Wildman–Crippen MR) is 85.9 cm³/mol. The van der Waals surface area contributed by atoms with Crippen LogP contribution in [0.2, 0.25) is 0 Å². The first-order chi connectivity index (χ1) is 10.6. The Bertz CT molecular complexity index is 625. The molecule has 2 heterocycles. The Morgan fingerprint density at radius 1 is 1.45 bits per heavy atom. The molecule has 0 spiro atoms. The van der Waals surface area contributed by atoms with Gasteiger partial charge in [-0.3, -0.25) is 4.79 Å². The molecule has 0 unspecified atom stereocenters. The number of morpholine rings is 1. The van der Waals surface area contributed by atoms with Crippen molar-refractivity contribution < 1.29 is 14.3 Å². The monoisotopic (exact) mass is 320 g/mol. The van der Waals surface area contributed by atoms with Crippen LogP contribution in [0.5, 0.6) is 0 Å². The lowest BCUT2D eigenvalue weighted by Crippen LogP contribution is -2.51. The summed E-state index contributed by atoms with van der Waals surface area (Å²) < 4.78 is 12.2. The molecule has 5 nitrogen and oxygen atoms in total. The molecule has 0 N–H and O–H groups in total. The number of rotatable bonds is 4. The van der Waals surface area contributed by atoms with E-state index in [9.17, 15) is 4.79 Å². The zero-order valence-corrected chi connectivity index (χ0v) is 13.6. The Labute approximate surface area is 133 Å². The van der Waals surface area contributed by atoms with E-state index in [1.165, 1.54) is 0 Å². The second kappa shape index (κ2) is 6.73. The number of fused-ring (bicyclic) bond motifs is 1. The van der Waals surface area contributed by atoms with Crippen LogP contribution in [-0.2, 0) is 20.9 Å². The van der Waals surface area contributed by atoms with Crippen LogP contribution in [0.15, 0.2) is 24.3 Å². The third-order valence-corrected chi connectivity index (χ3v) is 4.73. The maximum Gasteiger partial charge on any atom is 0.248 e. The first kappa shape index (κ1) is 15.4. The first-order valence-electron chi connectivity index (χ1n) is 7.47. The standard InChI is InChI=1S/C16H20N2O3S/c1-11-8-21-12(2)7-18(11)16(19)10-20-9-15-17-13-5-3-4-6-14(13)22-15/h3-6,11-12H,7-10H2,1-2H3/t11-,12-/m1/s1. The summed E-state index contributed by atoms with van der Waals surface area (Å²) in [5.74, 6) is 0.0174. The SMILES string of the molecule is C[C@@H]1CN(C(=O)COCc2nc3ccccc3s2)[C@H](C)CO1. The molecular weight excluding hydrogens is 300 g/mol. The minimum absolute atomic E-state index is 0.0174. The number of amides is 1. The number of ether oxygens (including phenoxy) is 2. The zero-order chi connectivity index (χ0) is 15.5. The van der Waals surface area contributed by atoms with Gasteiger partial charge < -0.3 is 14.4 Å². The van der Waals surface area contributed by atoms with Crippen molar-refractivity contribution in [2.24, 2.45) is 0 Å². The highest BCUT2D eigenvalue weighted by atomic mass is 32.1. The van der Waals surface area contributed by atoms with Crippen molar-refractivity contribution in [2.45, 2.75) is 32.6 Å². The quantitative estimate of drug-likeness (QED) is 0.868. The highest BCUT2D eigenvalue weighted by molar-refractivity contribution is 7.18. The summed E-state index contributed by atoms with van der Waals surface area (Å²) in [6.45, 7) is 5.66. The van der Waals surface area contributed by atoms with Gasteiger partial charge in [0.05, 0.1) is 35.6 Å². The van der Waals surface area contributed by atoms with Gasteiger partial charge in [0, 0.05) is 6.54 Å². The van der Waals surface area contributed by atoms with Crippen LogP contribution in [0, 0.1) is 0 Å². The molecule has 118 valence electrons. The molecule has 2 atom stereocenters. The third-order valence-electron chi connectivity index (χ3n) is 3.72. The Kier molecular flexibility index (Phi) is 4.71. The molecule has 6 heteroatoms. The summed E-state index contributed by atoms with van der Waals surface area (Å²) in [5.41, 5.74) is 0.980. The average Bonchev–Trinajstić information content (AvgIpc) is 2.92. The van der Waals surface area contributed by atoms with Crippen LogP contribution in [0.3, 0.4) is 0 Å². The van der Waals surface area contributed by atoms with Gasteiger partial charge in [0.15, 0.2) is 0 Å². The number of aromatic nitrogens is 1. The molecule has 1 aromatic heterocycles. The zero-order valence-electron chi connectivity index (χ0n) is 12.8. The van der Waals surface area contributed by atoms with Crippen molar-refractivity contribution in [1.82, 2.24) is 9.88 Å². The van der Waals surface area contributed by atoms with Crippen molar-refractivity contribution in [1.29, 1.82) is 0 Å². The number of carbonyl (C=O) groups is 1. The smallest absolute Gasteiger partial charge is 0.248 e. The maximum absolute atomic E-state index is 12.2. The van der Waals surface area contributed by atoms with Gasteiger partial charge in [0.25, 0.3) is 0 Å². The van der Waals surface area contributed by atoms with E-state index in [0.717, 1.165) is 15.2 Å². The summed E-state index contributed by atoms with van der Waals surface area (Å²) in [4.78, 5) is 18.6. The normalized spacial score (nSPS) is 22.2. The van der Waals surface area contributed by atoms with Gasteiger partial charge >= 0.3 is 0 Å². The van der Waals surface area contributed by atoms with Crippen molar-refractivity contribution in [2.75, 3.05) is 19.8 Å². The van der Waals surface area contributed by atoms with Crippen LogP contribution in [0.1, 0.15) is 18.9 Å². The first-order valence-corrected chi connectivity index (χ1v) is 8.28. The number of carbonyl (C=O) groups excluding carboxylic acids is 1. The molecule has 3 rings (SSSR count). The molecule has 1 aromatic carbocycles.